The molecule has 2 aromatic carbocycles. The first kappa shape index (κ1) is 21.0. The standard InChI is InChI=1S/C24H30BrNO2/c1-2-3-5-8-18-11-13-20(14-12-18)24(19-9-6-4-7-10-19)22-17-21(26(27)28)15-16-23(22)25/h4,6-7,9-10,15-18,20,24H,2-3,5,8,11-14H2,1H3. The molecule has 3 nitrogen and oxygen atoms in total. The minimum atomic E-state index is -0.289. The van der Waals surface area contributed by atoms with Crippen LogP contribution in [0.2, 0.25) is 0 Å². The molecular weight excluding hydrogens is 414 g/mol. The molecule has 1 unspecified atom stereocenters. The Morgan fingerprint density at radius 1 is 1.07 bits per heavy atom. The molecule has 0 bridgehead atoms. The van der Waals surface area contributed by atoms with Gasteiger partial charge in [-0.05, 0) is 41.9 Å². The van der Waals surface area contributed by atoms with Crippen LogP contribution in [-0.2, 0) is 0 Å². The molecule has 0 amide bonds. The molecule has 2 aromatic rings. The van der Waals surface area contributed by atoms with Crippen LogP contribution in [0.15, 0.2) is 53.0 Å². The predicted octanol–water partition coefficient (Wildman–Crippen LogP) is 7.88. The second-order valence-electron chi connectivity index (χ2n) is 8.13. The van der Waals surface area contributed by atoms with Gasteiger partial charge in [0.15, 0.2) is 0 Å². The van der Waals surface area contributed by atoms with E-state index in [0.717, 1.165) is 16.0 Å². The van der Waals surface area contributed by atoms with Gasteiger partial charge in [-0.1, -0.05) is 91.7 Å². The first-order valence-corrected chi connectivity index (χ1v) is 11.4. The van der Waals surface area contributed by atoms with Crippen molar-refractivity contribution in [3.05, 3.63) is 74.2 Å². The molecule has 150 valence electrons. The SMILES string of the molecule is CCCCCC1CCC(C(c2ccccc2)c2cc([N+](=O)[O-])ccc2Br)CC1. The minimum absolute atomic E-state index is 0.174. The first-order valence-electron chi connectivity index (χ1n) is 10.6. The van der Waals surface area contributed by atoms with Crippen molar-refractivity contribution < 1.29 is 4.92 Å². The molecule has 3 rings (SSSR count). The molecule has 1 saturated carbocycles. The van der Waals surface area contributed by atoms with E-state index in [0.29, 0.717) is 5.92 Å². The summed E-state index contributed by atoms with van der Waals surface area (Å²) in [6.07, 6.45) is 10.3. The van der Waals surface area contributed by atoms with E-state index in [4.69, 9.17) is 0 Å². The molecule has 0 saturated heterocycles. The Kier molecular flexibility index (Phi) is 7.66. The van der Waals surface area contributed by atoms with Gasteiger partial charge in [0.25, 0.3) is 5.69 Å². The van der Waals surface area contributed by atoms with E-state index in [1.165, 1.54) is 56.9 Å². The third kappa shape index (κ3) is 5.22. The number of benzene rings is 2. The fourth-order valence-electron chi connectivity index (χ4n) is 4.74. The number of hydrogen-bond acceptors (Lipinski definition) is 2. The maximum absolute atomic E-state index is 11.4. The highest BCUT2D eigenvalue weighted by atomic mass is 79.9. The second-order valence-corrected chi connectivity index (χ2v) is 8.98. The number of nitro benzene ring substituents is 1. The molecule has 0 N–H and O–H groups in total. The van der Waals surface area contributed by atoms with E-state index in [9.17, 15) is 10.1 Å². The topological polar surface area (TPSA) is 43.1 Å². The number of halogens is 1. The Morgan fingerprint density at radius 3 is 2.43 bits per heavy atom. The number of unbranched alkanes of at least 4 members (excludes halogenated alkanes) is 2. The van der Waals surface area contributed by atoms with Gasteiger partial charge >= 0.3 is 0 Å². The molecule has 0 aromatic heterocycles. The van der Waals surface area contributed by atoms with Gasteiger partial charge < -0.3 is 0 Å². The lowest BCUT2D eigenvalue weighted by Crippen LogP contribution is -2.22. The maximum atomic E-state index is 11.4. The van der Waals surface area contributed by atoms with Crippen molar-refractivity contribution in [1.29, 1.82) is 0 Å². The monoisotopic (exact) mass is 443 g/mol. The highest BCUT2D eigenvalue weighted by Gasteiger charge is 2.31. The van der Waals surface area contributed by atoms with Gasteiger partial charge in [0.1, 0.15) is 0 Å². The van der Waals surface area contributed by atoms with Crippen molar-refractivity contribution >= 4 is 21.6 Å². The summed E-state index contributed by atoms with van der Waals surface area (Å²) in [5.74, 6) is 1.59. The molecule has 4 heteroatoms. The highest BCUT2D eigenvalue weighted by Crippen LogP contribution is 2.45. The van der Waals surface area contributed by atoms with Crippen LogP contribution in [0, 0.1) is 22.0 Å². The fraction of sp³-hybridized carbons (Fsp3) is 0.500. The molecule has 0 aliphatic heterocycles. The van der Waals surface area contributed by atoms with E-state index in [1.807, 2.05) is 12.1 Å². The van der Waals surface area contributed by atoms with E-state index in [2.05, 4.69) is 47.1 Å². The fourth-order valence-corrected chi connectivity index (χ4v) is 5.24. The predicted molar refractivity (Wildman–Crippen MR) is 119 cm³/mol. The van der Waals surface area contributed by atoms with E-state index < -0.39 is 0 Å². The number of nitrogens with zero attached hydrogens (tertiary/aromatic N) is 1. The van der Waals surface area contributed by atoms with Crippen LogP contribution in [0.25, 0.3) is 0 Å². The third-order valence-corrected chi connectivity index (χ3v) is 6.99. The Morgan fingerprint density at radius 2 is 1.79 bits per heavy atom. The summed E-state index contributed by atoms with van der Waals surface area (Å²) in [7, 11) is 0. The normalized spacial score (nSPS) is 20.6. The zero-order valence-corrected chi connectivity index (χ0v) is 18.2. The smallest absolute Gasteiger partial charge is 0.258 e. The lowest BCUT2D eigenvalue weighted by atomic mass is 9.70. The van der Waals surface area contributed by atoms with Gasteiger partial charge in [-0.25, -0.2) is 0 Å². The number of nitro groups is 1. The third-order valence-electron chi connectivity index (χ3n) is 6.26. The zero-order chi connectivity index (χ0) is 19.9. The first-order chi connectivity index (χ1) is 13.6. The summed E-state index contributed by atoms with van der Waals surface area (Å²) in [5, 5.41) is 11.4. The van der Waals surface area contributed by atoms with Crippen molar-refractivity contribution in [1.82, 2.24) is 0 Å². The van der Waals surface area contributed by atoms with Gasteiger partial charge in [-0.15, -0.1) is 0 Å². The average Bonchev–Trinajstić information content (AvgIpc) is 2.71. The van der Waals surface area contributed by atoms with Crippen LogP contribution in [0.3, 0.4) is 0 Å². The minimum Gasteiger partial charge on any atom is -0.258 e. The largest absolute Gasteiger partial charge is 0.269 e. The van der Waals surface area contributed by atoms with Crippen LogP contribution >= 0.6 is 15.9 Å². The van der Waals surface area contributed by atoms with Crippen molar-refractivity contribution in [2.45, 2.75) is 64.2 Å². The van der Waals surface area contributed by atoms with Crippen molar-refractivity contribution in [3.8, 4) is 0 Å². The van der Waals surface area contributed by atoms with Crippen LogP contribution in [0.5, 0.6) is 0 Å². The Bertz CT molecular complexity index is 769. The van der Waals surface area contributed by atoms with Gasteiger partial charge in [0.2, 0.25) is 0 Å². The Hall–Kier alpha value is -1.68. The zero-order valence-electron chi connectivity index (χ0n) is 16.6. The summed E-state index contributed by atoms with van der Waals surface area (Å²) in [6.45, 7) is 2.26. The molecule has 1 atom stereocenters. The molecule has 0 radical (unpaired) electrons. The summed E-state index contributed by atoms with van der Waals surface area (Å²) >= 11 is 3.68. The van der Waals surface area contributed by atoms with Gasteiger partial charge in [-0.2, -0.15) is 0 Å². The van der Waals surface area contributed by atoms with E-state index >= 15 is 0 Å². The quantitative estimate of drug-likeness (QED) is 0.236. The second kappa shape index (κ2) is 10.2. The number of non-ortho nitro benzene ring substituents is 1. The lowest BCUT2D eigenvalue weighted by Gasteiger charge is -2.35. The van der Waals surface area contributed by atoms with Crippen molar-refractivity contribution in [3.63, 3.8) is 0 Å². The molecule has 0 heterocycles. The van der Waals surface area contributed by atoms with Crippen LogP contribution in [0.1, 0.15) is 75.3 Å². The van der Waals surface area contributed by atoms with E-state index in [-0.39, 0.29) is 16.5 Å². The average molecular weight is 444 g/mol. The summed E-state index contributed by atoms with van der Waals surface area (Å²) in [5.41, 5.74) is 2.49. The Labute approximate surface area is 176 Å². The molecule has 28 heavy (non-hydrogen) atoms. The molecule has 1 aliphatic carbocycles. The summed E-state index contributed by atoms with van der Waals surface area (Å²) in [4.78, 5) is 11.1. The van der Waals surface area contributed by atoms with Gasteiger partial charge in [0.05, 0.1) is 4.92 Å². The van der Waals surface area contributed by atoms with Gasteiger partial charge in [-0.3, -0.25) is 10.1 Å². The Balaban J connectivity index is 1.84. The summed E-state index contributed by atoms with van der Waals surface area (Å²) in [6, 6.07) is 15.7. The van der Waals surface area contributed by atoms with Crippen LogP contribution in [0.4, 0.5) is 5.69 Å². The molecule has 1 fully saturated rings. The number of hydrogen-bond donors (Lipinski definition) is 0. The van der Waals surface area contributed by atoms with Crippen molar-refractivity contribution in [2.75, 3.05) is 0 Å². The van der Waals surface area contributed by atoms with Crippen LogP contribution < -0.4 is 0 Å². The lowest BCUT2D eigenvalue weighted by molar-refractivity contribution is -0.384. The van der Waals surface area contributed by atoms with Gasteiger partial charge in [0, 0.05) is 22.5 Å². The van der Waals surface area contributed by atoms with E-state index in [1.54, 1.807) is 12.1 Å². The summed E-state index contributed by atoms with van der Waals surface area (Å²) < 4.78 is 0.969. The van der Waals surface area contributed by atoms with Crippen molar-refractivity contribution in [2.24, 2.45) is 11.8 Å². The molecular formula is C24H30BrNO2. The maximum Gasteiger partial charge on any atom is 0.269 e. The molecule has 1 aliphatic rings. The molecule has 0 spiro atoms. The number of rotatable bonds is 8. The van der Waals surface area contributed by atoms with Crippen LogP contribution in [-0.4, -0.2) is 4.92 Å². The highest BCUT2D eigenvalue weighted by molar-refractivity contribution is 9.10.